The van der Waals surface area contributed by atoms with Crippen LogP contribution < -0.4 is 10.1 Å². The first-order valence-corrected chi connectivity index (χ1v) is 7.61. The fraction of sp³-hybridized carbons (Fsp3) is 0.368. The van der Waals surface area contributed by atoms with Gasteiger partial charge < -0.3 is 10.1 Å². The summed E-state index contributed by atoms with van der Waals surface area (Å²) in [7, 11) is 1.73. The van der Waals surface area contributed by atoms with Gasteiger partial charge in [0.15, 0.2) is 0 Å². The molecule has 0 aromatic heterocycles. The van der Waals surface area contributed by atoms with E-state index < -0.39 is 0 Å². The number of rotatable bonds is 6. The third-order valence-electron chi connectivity index (χ3n) is 3.95. The van der Waals surface area contributed by atoms with Crippen LogP contribution in [0.1, 0.15) is 49.0 Å². The van der Waals surface area contributed by atoms with E-state index in [0.717, 1.165) is 12.2 Å². The zero-order valence-electron chi connectivity index (χ0n) is 13.4. The first-order chi connectivity index (χ1) is 10.2. The quantitative estimate of drug-likeness (QED) is 0.821. The lowest BCUT2D eigenvalue weighted by Crippen LogP contribution is -2.24. The highest BCUT2D eigenvalue weighted by Crippen LogP contribution is 2.29. The zero-order valence-corrected chi connectivity index (χ0v) is 13.4. The van der Waals surface area contributed by atoms with Gasteiger partial charge in [-0.1, -0.05) is 55.0 Å². The standard InChI is InChI=1S/C19H25NO/c1-5-18(17-8-6-7-9-19(17)21-4)20-15(3)16-12-10-14(2)11-13-16/h6-13,15,18,20H,5H2,1-4H3/t15-,18?/m1/s1. The van der Waals surface area contributed by atoms with Crippen molar-refractivity contribution in [2.45, 2.75) is 39.3 Å². The summed E-state index contributed by atoms with van der Waals surface area (Å²) < 4.78 is 5.49. The molecule has 2 atom stereocenters. The predicted octanol–water partition coefficient (Wildman–Crippen LogP) is 4.81. The summed E-state index contributed by atoms with van der Waals surface area (Å²) in [6.45, 7) is 6.53. The molecule has 0 aliphatic heterocycles. The van der Waals surface area contributed by atoms with Gasteiger partial charge >= 0.3 is 0 Å². The fourth-order valence-corrected chi connectivity index (χ4v) is 2.63. The lowest BCUT2D eigenvalue weighted by Gasteiger charge is -2.24. The number of hydrogen-bond donors (Lipinski definition) is 1. The third-order valence-corrected chi connectivity index (χ3v) is 3.95. The summed E-state index contributed by atoms with van der Waals surface area (Å²) in [5.41, 5.74) is 3.83. The molecular weight excluding hydrogens is 258 g/mol. The summed E-state index contributed by atoms with van der Waals surface area (Å²) in [6, 6.07) is 17.6. The van der Waals surface area contributed by atoms with Crippen LogP contribution in [0.5, 0.6) is 5.75 Å². The fourth-order valence-electron chi connectivity index (χ4n) is 2.63. The van der Waals surface area contributed by atoms with E-state index in [1.54, 1.807) is 7.11 Å². The normalized spacial score (nSPS) is 13.7. The summed E-state index contributed by atoms with van der Waals surface area (Å²) in [5.74, 6) is 0.952. The Balaban J connectivity index is 2.16. The highest BCUT2D eigenvalue weighted by Gasteiger charge is 2.16. The van der Waals surface area contributed by atoms with Crippen molar-refractivity contribution in [3.05, 3.63) is 65.2 Å². The molecule has 0 spiro atoms. The number of benzene rings is 2. The molecule has 21 heavy (non-hydrogen) atoms. The number of ether oxygens (including phenoxy) is 1. The Labute approximate surface area is 128 Å². The van der Waals surface area contributed by atoms with E-state index in [2.05, 4.69) is 62.5 Å². The molecule has 0 saturated heterocycles. The minimum atomic E-state index is 0.289. The van der Waals surface area contributed by atoms with Gasteiger partial charge in [-0.15, -0.1) is 0 Å². The van der Waals surface area contributed by atoms with E-state index in [4.69, 9.17) is 4.74 Å². The molecule has 2 rings (SSSR count). The topological polar surface area (TPSA) is 21.3 Å². The molecule has 0 saturated carbocycles. The maximum absolute atomic E-state index is 5.49. The van der Waals surface area contributed by atoms with Gasteiger partial charge in [-0.25, -0.2) is 0 Å². The number of hydrogen-bond acceptors (Lipinski definition) is 2. The Hall–Kier alpha value is -1.80. The Bertz CT molecular complexity index is 562. The number of methoxy groups -OCH3 is 1. The van der Waals surface area contributed by atoms with Crippen LogP contribution in [0.25, 0.3) is 0 Å². The SMILES string of the molecule is CCC(N[C@H](C)c1ccc(C)cc1)c1ccccc1OC. The van der Waals surface area contributed by atoms with Crippen LogP contribution in [-0.2, 0) is 0 Å². The molecule has 2 aromatic carbocycles. The summed E-state index contributed by atoms with van der Waals surface area (Å²) in [6.07, 6.45) is 1.02. The van der Waals surface area contributed by atoms with Gasteiger partial charge in [0.05, 0.1) is 7.11 Å². The van der Waals surface area contributed by atoms with Gasteiger partial charge in [-0.2, -0.15) is 0 Å². The summed E-state index contributed by atoms with van der Waals surface area (Å²) in [4.78, 5) is 0. The van der Waals surface area contributed by atoms with Crippen molar-refractivity contribution < 1.29 is 4.74 Å². The van der Waals surface area contributed by atoms with Gasteiger partial charge in [-0.3, -0.25) is 0 Å². The maximum Gasteiger partial charge on any atom is 0.123 e. The number of nitrogens with one attached hydrogen (secondary N) is 1. The molecule has 0 heterocycles. The molecule has 0 bridgehead atoms. The van der Waals surface area contributed by atoms with Crippen LogP contribution >= 0.6 is 0 Å². The molecule has 0 radical (unpaired) electrons. The van der Waals surface area contributed by atoms with E-state index in [1.807, 2.05) is 12.1 Å². The first kappa shape index (κ1) is 15.6. The Morgan fingerprint density at radius 3 is 2.33 bits per heavy atom. The van der Waals surface area contributed by atoms with Crippen LogP contribution in [0.2, 0.25) is 0 Å². The lowest BCUT2D eigenvalue weighted by atomic mass is 10.00. The Morgan fingerprint density at radius 2 is 1.71 bits per heavy atom. The largest absolute Gasteiger partial charge is 0.496 e. The van der Waals surface area contributed by atoms with Crippen molar-refractivity contribution in [1.82, 2.24) is 5.32 Å². The van der Waals surface area contributed by atoms with Gasteiger partial charge in [-0.05, 0) is 31.9 Å². The van der Waals surface area contributed by atoms with Crippen LogP contribution in [0.3, 0.4) is 0 Å². The van der Waals surface area contributed by atoms with Crippen molar-refractivity contribution in [1.29, 1.82) is 0 Å². The molecule has 0 aliphatic carbocycles. The lowest BCUT2D eigenvalue weighted by molar-refractivity contribution is 0.388. The average Bonchev–Trinajstić information content (AvgIpc) is 2.53. The molecule has 0 amide bonds. The van der Waals surface area contributed by atoms with E-state index in [9.17, 15) is 0 Å². The van der Waals surface area contributed by atoms with Gasteiger partial charge in [0.1, 0.15) is 5.75 Å². The van der Waals surface area contributed by atoms with E-state index in [-0.39, 0.29) is 6.04 Å². The second kappa shape index (κ2) is 7.28. The van der Waals surface area contributed by atoms with E-state index in [0.29, 0.717) is 6.04 Å². The molecule has 2 heteroatoms. The van der Waals surface area contributed by atoms with Crippen molar-refractivity contribution in [2.24, 2.45) is 0 Å². The highest BCUT2D eigenvalue weighted by molar-refractivity contribution is 5.36. The Morgan fingerprint density at radius 1 is 1.05 bits per heavy atom. The first-order valence-electron chi connectivity index (χ1n) is 7.61. The molecule has 2 nitrogen and oxygen atoms in total. The van der Waals surface area contributed by atoms with Crippen molar-refractivity contribution >= 4 is 0 Å². The molecular formula is C19H25NO. The van der Waals surface area contributed by atoms with Crippen molar-refractivity contribution in [3.63, 3.8) is 0 Å². The van der Waals surface area contributed by atoms with Gasteiger partial charge in [0.25, 0.3) is 0 Å². The minimum Gasteiger partial charge on any atom is -0.496 e. The van der Waals surface area contributed by atoms with Crippen LogP contribution in [0.4, 0.5) is 0 Å². The maximum atomic E-state index is 5.49. The van der Waals surface area contributed by atoms with Crippen molar-refractivity contribution in [2.75, 3.05) is 7.11 Å². The Kier molecular flexibility index (Phi) is 5.40. The molecule has 112 valence electrons. The highest BCUT2D eigenvalue weighted by atomic mass is 16.5. The van der Waals surface area contributed by atoms with E-state index in [1.165, 1.54) is 16.7 Å². The zero-order chi connectivity index (χ0) is 15.2. The average molecular weight is 283 g/mol. The monoisotopic (exact) mass is 283 g/mol. The molecule has 0 fully saturated rings. The second-order valence-corrected chi connectivity index (χ2v) is 5.50. The summed E-state index contributed by atoms with van der Waals surface area (Å²) >= 11 is 0. The summed E-state index contributed by atoms with van der Waals surface area (Å²) in [5, 5.41) is 3.71. The molecule has 1 N–H and O–H groups in total. The van der Waals surface area contributed by atoms with Crippen LogP contribution in [0, 0.1) is 6.92 Å². The predicted molar refractivity (Wildman–Crippen MR) is 88.8 cm³/mol. The minimum absolute atomic E-state index is 0.289. The van der Waals surface area contributed by atoms with E-state index >= 15 is 0 Å². The number of para-hydroxylation sites is 1. The molecule has 1 unspecified atom stereocenters. The smallest absolute Gasteiger partial charge is 0.123 e. The third kappa shape index (κ3) is 3.85. The second-order valence-electron chi connectivity index (χ2n) is 5.50. The van der Waals surface area contributed by atoms with Crippen LogP contribution in [-0.4, -0.2) is 7.11 Å². The van der Waals surface area contributed by atoms with Crippen LogP contribution in [0.15, 0.2) is 48.5 Å². The van der Waals surface area contributed by atoms with Gasteiger partial charge in [0.2, 0.25) is 0 Å². The van der Waals surface area contributed by atoms with Crippen molar-refractivity contribution in [3.8, 4) is 5.75 Å². The molecule has 2 aromatic rings. The molecule has 0 aliphatic rings. The van der Waals surface area contributed by atoms with Gasteiger partial charge in [0, 0.05) is 17.6 Å². The number of aryl methyl sites for hydroxylation is 1.